The SMILES string of the molecule is CCOC(=O)C=Cc1ccc(O)c(OC)c1.c1ccc2ccccc2c1. The van der Waals surface area contributed by atoms with Crippen LogP contribution in [0.15, 0.2) is 72.8 Å². The maximum Gasteiger partial charge on any atom is 0.330 e. The molecule has 3 aromatic carbocycles. The third-order valence-electron chi connectivity index (χ3n) is 3.56. The summed E-state index contributed by atoms with van der Waals surface area (Å²) in [7, 11) is 1.47. The van der Waals surface area contributed by atoms with Gasteiger partial charge in [0, 0.05) is 6.08 Å². The first-order valence-corrected chi connectivity index (χ1v) is 8.29. The number of methoxy groups -OCH3 is 1. The Balaban J connectivity index is 0.000000206. The summed E-state index contributed by atoms with van der Waals surface area (Å²) in [6.45, 7) is 2.09. The molecule has 26 heavy (non-hydrogen) atoms. The summed E-state index contributed by atoms with van der Waals surface area (Å²) in [6, 6.07) is 21.5. The van der Waals surface area contributed by atoms with Crippen molar-refractivity contribution in [2.75, 3.05) is 13.7 Å². The molecule has 0 aromatic heterocycles. The lowest BCUT2D eigenvalue weighted by molar-refractivity contribution is -0.137. The molecule has 0 bridgehead atoms. The number of hydrogen-bond donors (Lipinski definition) is 1. The Hall–Kier alpha value is -3.27. The van der Waals surface area contributed by atoms with Gasteiger partial charge < -0.3 is 14.6 Å². The lowest BCUT2D eigenvalue weighted by Crippen LogP contribution is -1.98. The Labute approximate surface area is 153 Å². The zero-order valence-electron chi connectivity index (χ0n) is 14.9. The van der Waals surface area contributed by atoms with Gasteiger partial charge in [-0.25, -0.2) is 4.79 Å². The Bertz CT molecular complexity index is 819. The summed E-state index contributed by atoms with van der Waals surface area (Å²) >= 11 is 0. The molecule has 0 aliphatic heterocycles. The number of phenolic OH excluding ortho intramolecular Hbond substituents is 1. The second-order valence-electron chi connectivity index (χ2n) is 5.36. The largest absolute Gasteiger partial charge is 0.504 e. The molecule has 0 spiro atoms. The minimum Gasteiger partial charge on any atom is -0.504 e. The zero-order chi connectivity index (χ0) is 18.8. The number of carbonyl (C=O) groups excluding carboxylic acids is 1. The highest BCUT2D eigenvalue weighted by atomic mass is 16.5. The van der Waals surface area contributed by atoms with Crippen LogP contribution in [0.25, 0.3) is 16.8 Å². The van der Waals surface area contributed by atoms with E-state index < -0.39 is 5.97 Å². The van der Waals surface area contributed by atoms with E-state index in [0.717, 1.165) is 5.56 Å². The normalized spacial score (nSPS) is 10.2. The van der Waals surface area contributed by atoms with Crippen LogP contribution in [0.2, 0.25) is 0 Å². The number of carbonyl (C=O) groups is 1. The predicted molar refractivity (Wildman–Crippen MR) is 104 cm³/mol. The fourth-order valence-electron chi connectivity index (χ4n) is 2.29. The van der Waals surface area contributed by atoms with E-state index in [4.69, 9.17) is 9.47 Å². The molecule has 3 aromatic rings. The predicted octanol–water partition coefficient (Wildman–Crippen LogP) is 4.82. The highest BCUT2D eigenvalue weighted by Crippen LogP contribution is 2.26. The number of hydrogen-bond acceptors (Lipinski definition) is 4. The summed E-state index contributed by atoms with van der Waals surface area (Å²) in [5, 5.41) is 12.0. The van der Waals surface area contributed by atoms with Crippen LogP contribution in [-0.2, 0) is 9.53 Å². The van der Waals surface area contributed by atoms with E-state index in [1.165, 1.54) is 30.0 Å². The van der Waals surface area contributed by atoms with Crippen molar-refractivity contribution in [2.24, 2.45) is 0 Å². The van der Waals surface area contributed by atoms with Crippen LogP contribution in [0.1, 0.15) is 12.5 Å². The summed E-state index contributed by atoms with van der Waals surface area (Å²) in [5.74, 6) is 0.0383. The van der Waals surface area contributed by atoms with E-state index in [1.54, 1.807) is 25.1 Å². The molecule has 0 atom stereocenters. The Kier molecular flexibility index (Phi) is 7.25. The number of rotatable bonds is 4. The smallest absolute Gasteiger partial charge is 0.330 e. The molecular formula is C22H22O4. The summed E-state index contributed by atoms with van der Waals surface area (Å²) in [5.41, 5.74) is 0.753. The van der Waals surface area contributed by atoms with Crippen molar-refractivity contribution < 1.29 is 19.4 Å². The first-order valence-electron chi connectivity index (χ1n) is 8.29. The van der Waals surface area contributed by atoms with E-state index >= 15 is 0 Å². The van der Waals surface area contributed by atoms with Crippen LogP contribution in [0, 0.1) is 0 Å². The highest BCUT2D eigenvalue weighted by Gasteiger charge is 2.01. The van der Waals surface area contributed by atoms with Gasteiger partial charge in [-0.15, -0.1) is 0 Å². The fraction of sp³-hybridized carbons (Fsp3) is 0.136. The first-order chi connectivity index (χ1) is 12.6. The van der Waals surface area contributed by atoms with Gasteiger partial charge in [0.25, 0.3) is 0 Å². The van der Waals surface area contributed by atoms with Crippen LogP contribution in [0.3, 0.4) is 0 Å². The Morgan fingerprint density at radius 2 is 1.58 bits per heavy atom. The van der Waals surface area contributed by atoms with Crippen molar-refractivity contribution in [3.05, 3.63) is 78.4 Å². The molecule has 0 aliphatic carbocycles. The lowest BCUT2D eigenvalue weighted by atomic mass is 10.1. The molecule has 0 unspecified atom stereocenters. The summed E-state index contributed by atoms with van der Waals surface area (Å²) in [6.07, 6.45) is 2.93. The second-order valence-corrected chi connectivity index (χ2v) is 5.36. The average Bonchev–Trinajstić information content (AvgIpc) is 2.68. The van der Waals surface area contributed by atoms with Gasteiger partial charge in [0.05, 0.1) is 13.7 Å². The summed E-state index contributed by atoms with van der Waals surface area (Å²) in [4.78, 5) is 11.0. The van der Waals surface area contributed by atoms with Crippen molar-refractivity contribution >= 4 is 22.8 Å². The molecule has 0 saturated carbocycles. The first kappa shape index (κ1) is 19.1. The molecule has 134 valence electrons. The monoisotopic (exact) mass is 350 g/mol. The molecule has 0 saturated heterocycles. The van der Waals surface area contributed by atoms with Gasteiger partial charge in [0.15, 0.2) is 11.5 Å². The maximum absolute atomic E-state index is 11.0. The van der Waals surface area contributed by atoms with Crippen LogP contribution in [0.4, 0.5) is 0 Å². The molecule has 0 radical (unpaired) electrons. The molecule has 1 N–H and O–H groups in total. The van der Waals surface area contributed by atoms with E-state index in [9.17, 15) is 9.90 Å². The van der Waals surface area contributed by atoms with Gasteiger partial charge in [-0.05, 0) is 41.5 Å². The molecule has 0 amide bonds. The number of benzene rings is 3. The van der Waals surface area contributed by atoms with Crippen molar-refractivity contribution in [1.82, 2.24) is 0 Å². The van der Waals surface area contributed by atoms with Crippen molar-refractivity contribution in [2.45, 2.75) is 6.92 Å². The number of phenols is 1. The molecular weight excluding hydrogens is 328 g/mol. The zero-order valence-corrected chi connectivity index (χ0v) is 14.9. The van der Waals surface area contributed by atoms with Gasteiger partial charge in [0.1, 0.15) is 0 Å². The molecule has 4 nitrogen and oxygen atoms in total. The van der Waals surface area contributed by atoms with Crippen LogP contribution < -0.4 is 4.74 Å². The number of fused-ring (bicyclic) bond motifs is 1. The lowest BCUT2D eigenvalue weighted by Gasteiger charge is -2.03. The Morgan fingerprint density at radius 1 is 1.00 bits per heavy atom. The van der Waals surface area contributed by atoms with Gasteiger partial charge in [0.2, 0.25) is 0 Å². The van der Waals surface area contributed by atoms with Gasteiger partial charge >= 0.3 is 5.97 Å². The third kappa shape index (κ3) is 5.67. The van der Waals surface area contributed by atoms with Crippen molar-refractivity contribution in [3.63, 3.8) is 0 Å². The van der Waals surface area contributed by atoms with Gasteiger partial charge in [-0.1, -0.05) is 54.6 Å². The Morgan fingerprint density at radius 3 is 2.08 bits per heavy atom. The van der Waals surface area contributed by atoms with E-state index in [1.807, 2.05) is 0 Å². The van der Waals surface area contributed by atoms with E-state index in [2.05, 4.69) is 48.5 Å². The minimum atomic E-state index is -0.394. The van der Waals surface area contributed by atoms with Crippen LogP contribution >= 0.6 is 0 Å². The topological polar surface area (TPSA) is 55.8 Å². The highest BCUT2D eigenvalue weighted by molar-refractivity contribution is 5.87. The number of aromatic hydroxyl groups is 1. The average molecular weight is 350 g/mol. The van der Waals surface area contributed by atoms with Crippen LogP contribution in [0.5, 0.6) is 11.5 Å². The third-order valence-corrected chi connectivity index (χ3v) is 3.56. The molecule has 4 heteroatoms. The molecule has 0 fully saturated rings. The maximum atomic E-state index is 11.0. The molecule has 0 aliphatic rings. The quantitative estimate of drug-likeness (QED) is 0.541. The fourth-order valence-corrected chi connectivity index (χ4v) is 2.29. The summed E-state index contributed by atoms with van der Waals surface area (Å²) < 4.78 is 9.68. The van der Waals surface area contributed by atoms with Crippen LogP contribution in [-0.4, -0.2) is 24.8 Å². The van der Waals surface area contributed by atoms with Crippen molar-refractivity contribution in [3.8, 4) is 11.5 Å². The number of ether oxygens (including phenoxy) is 2. The number of esters is 1. The van der Waals surface area contributed by atoms with Crippen molar-refractivity contribution in [1.29, 1.82) is 0 Å². The molecule has 0 heterocycles. The standard InChI is InChI=1S/C12H14O4.C10H8/c1-3-16-12(14)7-5-9-4-6-10(13)11(8-9)15-2;1-2-6-10-8-4-3-7-9(10)5-1/h4-8,13H,3H2,1-2H3;1-8H. The van der Waals surface area contributed by atoms with Gasteiger partial charge in [-0.2, -0.15) is 0 Å². The van der Waals surface area contributed by atoms with E-state index in [-0.39, 0.29) is 5.75 Å². The molecule has 3 rings (SSSR count). The van der Waals surface area contributed by atoms with E-state index in [0.29, 0.717) is 12.4 Å². The minimum absolute atomic E-state index is 0.0655. The van der Waals surface area contributed by atoms with Gasteiger partial charge in [-0.3, -0.25) is 0 Å². The second kappa shape index (κ2) is 9.89.